The fraction of sp³-hybridized carbons (Fsp3) is 0.292. The van der Waals surface area contributed by atoms with Crippen molar-refractivity contribution in [2.75, 3.05) is 13.1 Å². The summed E-state index contributed by atoms with van der Waals surface area (Å²) in [4.78, 5) is 27.3. The van der Waals surface area contributed by atoms with Gasteiger partial charge in [-0.15, -0.1) is 0 Å². The summed E-state index contributed by atoms with van der Waals surface area (Å²) < 4.78 is 2.15. The van der Waals surface area contributed by atoms with Gasteiger partial charge in [-0.1, -0.05) is 18.2 Å². The predicted molar refractivity (Wildman–Crippen MR) is 116 cm³/mol. The second-order valence-electron chi connectivity index (χ2n) is 8.78. The van der Waals surface area contributed by atoms with Crippen molar-refractivity contribution < 1.29 is 4.79 Å². The van der Waals surface area contributed by atoms with E-state index in [0.717, 1.165) is 47.2 Å². The van der Waals surface area contributed by atoms with Gasteiger partial charge in [0.05, 0.1) is 23.7 Å². The zero-order valence-electron chi connectivity index (χ0n) is 17.3. The molecule has 6 rings (SSSR count). The van der Waals surface area contributed by atoms with Crippen molar-refractivity contribution >= 4 is 16.8 Å². The number of para-hydroxylation sites is 1. The van der Waals surface area contributed by atoms with E-state index in [1.165, 1.54) is 12.0 Å². The highest BCUT2D eigenvalue weighted by Gasteiger charge is 2.53. The molecule has 1 atom stereocenters. The van der Waals surface area contributed by atoms with Crippen molar-refractivity contribution in [2.24, 2.45) is 0 Å². The topological polar surface area (TPSA) is 76.8 Å². The fourth-order valence-electron chi connectivity index (χ4n) is 5.09. The molecule has 3 aromatic heterocycles. The summed E-state index contributed by atoms with van der Waals surface area (Å²) in [7, 11) is 0. The Labute approximate surface area is 179 Å². The summed E-state index contributed by atoms with van der Waals surface area (Å²) in [6, 6.07) is 12.8. The molecular formula is C24H22N6O. The van der Waals surface area contributed by atoms with Crippen LogP contribution in [0.4, 0.5) is 0 Å². The predicted octanol–water partition coefficient (Wildman–Crippen LogP) is 3.18. The third-order valence-corrected chi connectivity index (χ3v) is 6.58. The van der Waals surface area contributed by atoms with Crippen molar-refractivity contribution in [1.29, 1.82) is 0 Å². The van der Waals surface area contributed by atoms with Gasteiger partial charge < -0.3 is 4.90 Å². The highest BCUT2D eigenvalue weighted by Crippen LogP contribution is 2.48. The van der Waals surface area contributed by atoms with Gasteiger partial charge in [0.15, 0.2) is 0 Å². The first kappa shape index (κ1) is 18.2. The number of benzene rings is 1. The van der Waals surface area contributed by atoms with E-state index >= 15 is 0 Å². The van der Waals surface area contributed by atoms with Crippen LogP contribution in [0.15, 0.2) is 61.3 Å². The number of rotatable bonds is 3. The molecule has 2 aliphatic heterocycles. The van der Waals surface area contributed by atoms with Gasteiger partial charge in [-0.25, -0.2) is 9.97 Å². The molecular weight excluding hydrogens is 388 g/mol. The number of carbonyl (C=O) groups is 1. The van der Waals surface area contributed by atoms with Crippen LogP contribution in [-0.2, 0) is 16.6 Å². The van der Waals surface area contributed by atoms with Crippen molar-refractivity contribution in [3.8, 4) is 11.3 Å². The molecule has 0 aliphatic carbocycles. The van der Waals surface area contributed by atoms with E-state index in [9.17, 15) is 4.79 Å². The van der Waals surface area contributed by atoms with Gasteiger partial charge in [0.2, 0.25) is 5.91 Å². The standard InChI is InChI=1S/C24H22N6O/c1-16-9-24(13-29(14-24)23(31)6-17-10-25-15-26-11-17)22-8-21(28-30(16)22)19-7-18-4-2-3-5-20(18)27-12-19/h2-5,7-8,10-12,15-16H,6,9,13-14H2,1H3. The fourth-order valence-corrected chi connectivity index (χ4v) is 5.09. The molecule has 2 aliphatic rings. The normalized spacial score (nSPS) is 18.9. The average molecular weight is 410 g/mol. The third-order valence-electron chi connectivity index (χ3n) is 6.58. The monoisotopic (exact) mass is 410 g/mol. The van der Waals surface area contributed by atoms with Crippen LogP contribution in [0.25, 0.3) is 22.2 Å². The Hall–Kier alpha value is -3.61. The van der Waals surface area contributed by atoms with E-state index in [0.29, 0.717) is 12.5 Å². The number of aromatic nitrogens is 5. The maximum Gasteiger partial charge on any atom is 0.227 e. The second kappa shape index (κ2) is 6.70. The molecule has 0 radical (unpaired) electrons. The molecule has 1 fully saturated rings. The van der Waals surface area contributed by atoms with E-state index < -0.39 is 0 Å². The molecule has 1 spiro atoms. The zero-order valence-corrected chi connectivity index (χ0v) is 17.3. The quantitative estimate of drug-likeness (QED) is 0.518. The molecule has 31 heavy (non-hydrogen) atoms. The van der Waals surface area contributed by atoms with E-state index in [2.05, 4.69) is 44.8 Å². The van der Waals surface area contributed by atoms with Gasteiger partial charge >= 0.3 is 0 Å². The maximum absolute atomic E-state index is 12.7. The molecule has 5 heterocycles. The SMILES string of the molecule is CC1CC2(CN(C(=O)Cc3cncnc3)C2)c2cc(-c3cnc4ccccc4c3)nn21. The summed E-state index contributed by atoms with van der Waals surface area (Å²) >= 11 is 0. The lowest BCUT2D eigenvalue weighted by Crippen LogP contribution is -2.60. The molecule has 0 saturated carbocycles. The van der Waals surface area contributed by atoms with E-state index in [1.54, 1.807) is 12.4 Å². The molecule has 154 valence electrons. The highest BCUT2D eigenvalue weighted by molar-refractivity contribution is 5.83. The second-order valence-corrected chi connectivity index (χ2v) is 8.78. The van der Waals surface area contributed by atoms with Crippen LogP contribution >= 0.6 is 0 Å². The average Bonchev–Trinajstić information content (AvgIpc) is 3.32. The van der Waals surface area contributed by atoms with Crippen LogP contribution in [0.1, 0.15) is 30.6 Å². The first-order valence-electron chi connectivity index (χ1n) is 10.6. The molecule has 1 unspecified atom stereocenters. The lowest BCUT2D eigenvalue weighted by atomic mass is 9.74. The Morgan fingerprint density at radius 3 is 2.77 bits per heavy atom. The number of pyridine rings is 1. The van der Waals surface area contributed by atoms with Crippen LogP contribution in [0.5, 0.6) is 0 Å². The highest BCUT2D eigenvalue weighted by atomic mass is 16.2. The number of amides is 1. The lowest BCUT2D eigenvalue weighted by Gasteiger charge is -2.48. The van der Waals surface area contributed by atoms with Crippen LogP contribution in [-0.4, -0.2) is 48.6 Å². The zero-order chi connectivity index (χ0) is 21.0. The van der Waals surface area contributed by atoms with E-state index in [-0.39, 0.29) is 11.3 Å². The number of hydrogen-bond donors (Lipinski definition) is 0. The molecule has 0 bridgehead atoms. The van der Waals surface area contributed by atoms with Crippen molar-refractivity contribution in [3.63, 3.8) is 0 Å². The van der Waals surface area contributed by atoms with E-state index in [1.807, 2.05) is 29.3 Å². The molecule has 0 N–H and O–H groups in total. The Balaban J connectivity index is 1.25. The summed E-state index contributed by atoms with van der Waals surface area (Å²) in [5.74, 6) is 0.130. The number of likely N-dealkylation sites (tertiary alicyclic amines) is 1. The van der Waals surface area contributed by atoms with Gasteiger partial charge in [0, 0.05) is 53.7 Å². The van der Waals surface area contributed by atoms with Crippen LogP contribution in [0.2, 0.25) is 0 Å². The number of hydrogen-bond acceptors (Lipinski definition) is 5. The third kappa shape index (κ3) is 2.91. The smallest absolute Gasteiger partial charge is 0.227 e. The number of carbonyl (C=O) groups excluding carboxylic acids is 1. The molecule has 7 nitrogen and oxygen atoms in total. The number of fused-ring (bicyclic) bond motifs is 3. The van der Waals surface area contributed by atoms with Crippen LogP contribution in [0.3, 0.4) is 0 Å². The minimum atomic E-state index is -0.00219. The Morgan fingerprint density at radius 2 is 1.94 bits per heavy atom. The van der Waals surface area contributed by atoms with Gasteiger partial charge in [0.1, 0.15) is 6.33 Å². The Kier molecular flexibility index (Phi) is 3.93. The van der Waals surface area contributed by atoms with Gasteiger partial charge in [-0.3, -0.25) is 14.5 Å². The molecule has 1 aromatic carbocycles. The van der Waals surface area contributed by atoms with E-state index in [4.69, 9.17) is 5.10 Å². The summed E-state index contributed by atoms with van der Waals surface area (Å²) in [6.45, 7) is 3.69. The van der Waals surface area contributed by atoms with Gasteiger partial charge in [-0.2, -0.15) is 5.10 Å². The van der Waals surface area contributed by atoms with Gasteiger partial charge in [-0.05, 0) is 37.1 Å². The molecule has 7 heteroatoms. The Bertz CT molecular complexity index is 1290. The minimum Gasteiger partial charge on any atom is -0.340 e. The summed E-state index contributed by atoms with van der Waals surface area (Å²) in [5, 5.41) is 6.03. The molecule has 1 saturated heterocycles. The summed E-state index contributed by atoms with van der Waals surface area (Å²) in [6.07, 6.45) is 8.16. The minimum absolute atomic E-state index is 0.00219. The van der Waals surface area contributed by atoms with Crippen molar-refractivity contribution in [3.05, 3.63) is 72.6 Å². The van der Waals surface area contributed by atoms with Gasteiger partial charge in [0.25, 0.3) is 0 Å². The number of nitrogens with zero attached hydrogens (tertiary/aromatic N) is 6. The van der Waals surface area contributed by atoms with Crippen LogP contribution in [0, 0.1) is 0 Å². The summed E-state index contributed by atoms with van der Waals surface area (Å²) in [5.41, 5.74) is 5.04. The lowest BCUT2D eigenvalue weighted by molar-refractivity contribution is -0.138. The van der Waals surface area contributed by atoms with Crippen LogP contribution < -0.4 is 0 Å². The first-order valence-corrected chi connectivity index (χ1v) is 10.6. The molecule has 1 amide bonds. The van der Waals surface area contributed by atoms with Crippen molar-refractivity contribution in [2.45, 2.75) is 31.2 Å². The van der Waals surface area contributed by atoms with Crippen molar-refractivity contribution in [1.82, 2.24) is 29.6 Å². The largest absolute Gasteiger partial charge is 0.340 e. The Morgan fingerprint density at radius 1 is 1.13 bits per heavy atom. The first-order chi connectivity index (χ1) is 15.1. The molecule has 4 aromatic rings. The maximum atomic E-state index is 12.7.